The van der Waals surface area contributed by atoms with Gasteiger partial charge in [0.1, 0.15) is 18.0 Å². The molecule has 0 bridgehead atoms. The van der Waals surface area contributed by atoms with Crippen LogP contribution >= 0.6 is 0 Å². The third-order valence-corrected chi connectivity index (χ3v) is 4.63. The zero-order valence-electron chi connectivity index (χ0n) is 15.3. The smallest absolute Gasteiger partial charge is 0.219 e. The van der Waals surface area contributed by atoms with Gasteiger partial charge in [0.2, 0.25) is 5.91 Å². The van der Waals surface area contributed by atoms with E-state index in [0.29, 0.717) is 0 Å². The summed E-state index contributed by atoms with van der Waals surface area (Å²) in [7, 11) is 0. The van der Waals surface area contributed by atoms with Crippen molar-refractivity contribution in [2.24, 2.45) is 0 Å². The third kappa shape index (κ3) is 3.90. The summed E-state index contributed by atoms with van der Waals surface area (Å²) in [5, 5.41) is 3.43. The van der Waals surface area contributed by atoms with Gasteiger partial charge in [-0.3, -0.25) is 4.79 Å². The molecule has 0 aliphatic carbocycles. The van der Waals surface area contributed by atoms with Crippen LogP contribution in [0, 0.1) is 20.8 Å². The van der Waals surface area contributed by atoms with Gasteiger partial charge >= 0.3 is 0 Å². The van der Waals surface area contributed by atoms with Crippen LogP contribution in [0.5, 0.6) is 0 Å². The molecule has 2 aromatic rings. The van der Waals surface area contributed by atoms with Gasteiger partial charge in [-0.2, -0.15) is 0 Å². The number of amides is 1. The number of hydrogen-bond acceptors (Lipinski definition) is 5. The van der Waals surface area contributed by atoms with Crippen LogP contribution in [0.15, 0.2) is 24.5 Å². The summed E-state index contributed by atoms with van der Waals surface area (Å²) in [6.07, 6.45) is 1.59. The van der Waals surface area contributed by atoms with Gasteiger partial charge in [0.05, 0.1) is 0 Å². The number of nitrogens with zero attached hydrogens (tertiary/aromatic N) is 4. The second kappa shape index (κ2) is 7.09. The van der Waals surface area contributed by atoms with E-state index in [9.17, 15) is 4.79 Å². The molecule has 1 fully saturated rings. The molecule has 1 saturated heterocycles. The molecule has 25 heavy (non-hydrogen) atoms. The maximum Gasteiger partial charge on any atom is 0.219 e. The number of hydrogen-bond donors (Lipinski definition) is 1. The zero-order chi connectivity index (χ0) is 18.0. The van der Waals surface area contributed by atoms with Gasteiger partial charge in [0.25, 0.3) is 0 Å². The topological polar surface area (TPSA) is 61.4 Å². The monoisotopic (exact) mass is 339 g/mol. The van der Waals surface area contributed by atoms with Gasteiger partial charge in [-0.15, -0.1) is 0 Å². The third-order valence-electron chi connectivity index (χ3n) is 4.63. The van der Waals surface area contributed by atoms with E-state index in [1.807, 2.05) is 11.0 Å². The Labute approximate surface area is 148 Å². The Bertz CT molecular complexity index is 758. The fourth-order valence-electron chi connectivity index (χ4n) is 3.34. The average Bonchev–Trinajstić information content (AvgIpc) is 2.58. The van der Waals surface area contributed by atoms with Crippen molar-refractivity contribution in [1.29, 1.82) is 0 Å². The van der Waals surface area contributed by atoms with E-state index in [-0.39, 0.29) is 5.91 Å². The highest BCUT2D eigenvalue weighted by atomic mass is 16.2. The lowest BCUT2D eigenvalue weighted by Gasteiger charge is -2.34. The van der Waals surface area contributed by atoms with Gasteiger partial charge in [-0.1, -0.05) is 17.7 Å². The normalized spacial score (nSPS) is 14.6. The first-order valence-corrected chi connectivity index (χ1v) is 8.61. The average molecular weight is 339 g/mol. The van der Waals surface area contributed by atoms with Crippen LogP contribution in [-0.2, 0) is 4.79 Å². The van der Waals surface area contributed by atoms with Crippen molar-refractivity contribution in [1.82, 2.24) is 14.9 Å². The van der Waals surface area contributed by atoms with E-state index in [1.165, 1.54) is 16.7 Å². The van der Waals surface area contributed by atoms with E-state index in [0.717, 1.165) is 43.5 Å². The lowest BCUT2D eigenvalue weighted by Crippen LogP contribution is -2.48. The number of carbonyl (C=O) groups is 1. The Hall–Kier alpha value is -2.63. The quantitative estimate of drug-likeness (QED) is 0.932. The van der Waals surface area contributed by atoms with E-state index < -0.39 is 0 Å². The first-order valence-electron chi connectivity index (χ1n) is 8.61. The number of carbonyl (C=O) groups excluding carboxylic acids is 1. The minimum atomic E-state index is 0.134. The predicted molar refractivity (Wildman–Crippen MR) is 100 cm³/mol. The molecule has 0 unspecified atom stereocenters. The van der Waals surface area contributed by atoms with E-state index in [1.54, 1.807) is 13.3 Å². The number of nitrogens with one attached hydrogen (secondary N) is 1. The van der Waals surface area contributed by atoms with Gasteiger partial charge in [0.15, 0.2) is 0 Å². The summed E-state index contributed by atoms with van der Waals surface area (Å²) >= 11 is 0. The van der Waals surface area contributed by atoms with Crippen LogP contribution in [0.1, 0.15) is 23.6 Å². The molecule has 1 aliphatic heterocycles. The van der Waals surface area contributed by atoms with Gasteiger partial charge in [-0.25, -0.2) is 9.97 Å². The van der Waals surface area contributed by atoms with Crippen molar-refractivity contribution in [3.63, 3.8) is 0 Å². The van der Waals surface area contributed by atoms with Gasteiger partial charge in [-0.05, 0) is 31.9 Å². The number of anilines is 3. The Morgan fingerprint density at radius 1 is 1.00 bits per heavy atom. The lowest BCUT2D eigenvalue weighted by atomic mass is 10.1. The molecular weight excluding hydrogens is 314 g/mol. The fourth-order valence-corrected chi connectivity index (χ4v) is 3.34. The van der Waals surface area contributed by atoms with Crippen LogP contribution < -0.4 is 10.2 Å². The number of benzene rings is 1. The zero-order valence-corrected chi connectivity index (χ0v) is 15.3. The molecule has 1 N–H and O–H groups in total. The maximum atomic E-state index is 11.5. The molecule has 132 valence electrons. The summed E-state index contributed by atoms with van der Waals surface area (Å²) in [6, 6.07) is 6.30. The Balaban J connectivity index is 1.76. The van der Waals surface area contributed by atoms with Crippen LogP contribution in [0.3, 0.4) is 0 Å². The number of piperazine rings is 1. The molecular formula is C19H25N5O. The molecule has 2 heterocycles. The van der Waals surface area contributed by atoms with E-state index >= 15 is 0 Å². The minimum absolute atomic E-state index is 0.134. The highest BCUT2D eigenvalue weighted by Gasteiger charge is 2.20. The molecule has 6 nitrogen and oxygen atoms in total. The number of aromatic nitrogens is 2. The van der Waals surface area contributed by atoms with Crippen LogP contribution in [0.4, 0.5) is 17.3 Å². The molecule has 1 aromatic heterocycles. The molecule has 0 saturated carbocycles. The van der Waals surface area contributed by atoms with Gasteiger partial charge < -0.3 is 15.1 Å². The standard InChI is InChI=1S/C19H25N5O/c1-13-9-14(2)19(15(3)10-13)22-17-11-18(21-12-20-17)24-7-5-23(6-8-24)16(4)25/h9-12H,5-8H2,1-4H3,(H,20,21,22). The van der Waals surface area contributed by atoms with Crippen LogP contribution in [-0.4, -0.2) is 47.0 Å². The second-order valence-electron chi connectivity index (χ2n) is 6.65. The molecule has 0 radical (unpaired) electrons. The minimum Gasteiger partial charge on any atom is -0.353 e. The maximum absolute atomic E-state index is 11.5. The first-order chi connectivity index (χ1) is 11.9. The van der Waals surface area contributed by atoms with Crippen molar-refractivity contribution in [2.75, 3.05) is 36.4 Å². The fraction of sp³-hybridized carbons (Fsp3) is 0.421. The van der Waals surface area contributed by atoms with Crippen molar-refractivity contribution >= 4 is 23.2 Å². The Morgan fingerprint density at radius 2 is 1.64 bits per heavy atom. The Morgan fingerprint density at radius 3 is 2.24 bits per heavy atom. The van der Waals surface area contributed by atoms with Crippen molar-refractivity contribution in [2.45, 2.75) is 27.7 Å². The second-order valence-corrected chi connectivity index (χ2v) is 6.65. The Kier molecular flexibility index (Phi) is 4.88. The van der Waals surface area contributed by atoms with Crippen molar-refractivity contribution in [3.05, 3.63) is 41.2 Å². The van der Waals surface area contributed by atoms with Crippen LogP contribution in [0.25, 0.3) is 0 Å². The largest absolute Gasteiger partial charge is 0.353 e. The molecule has 1 aromatic carbocycles. The van der Waals surface area contributed by atoms with E-state index in [4.69, 9.17) is 0 Å². The number of rotatable bonds is 3. The van der Waals surface area contributed by atoms with Crippen LogP contribution in [0.2, 0.25) is 0 Å². The summed E-state index contributed by atoms with van der Waals surface area (Å²) in [4.78, 5) is 24.3. The summed E-state index contributed by atoms with van der Waals surface area (Å²) < 4.78 is 0. The number of aryl methyl sites for hydroxylation is 3. The van der Waals surface area contributed by atoms with Crippen molar-refractivity contribution in [3.8, 4) is 0 Å². The molecule has 6 heteroatoms. The molecule has 1 aliphatic rings. The highest BCUT2D eigenvalue weighted by Crippen LogP contribution is 2.26. The SMILES string of the molecule is CC(=O)N1CCN(c2cc(Nc3c(C)cc(C)cc3C)ncn2)CC1. The molecule has 1 amide bonds. The van der Waals surface area contributed by atoms with Gasteiger partial charge in [0, 0.05) is 44.9 Å². The molecule has 0 spiro atoms. The van der Waals surface area contributed by atoms with E-state index in [2.05, 4.69) is 53.1 Å². The first kappa shape index (κ1) is 17.2. The van der Waals surface area contributed by atoms with Crippen molar-refractivity contribution < 1.29 is 4.79 Å². The highest BCUT2D eigenvalue weighted by molar-refractivity contribution is 5.73. The summed E-state index contributed by atoms with van der Waals surface area (Å²) in [6.45, 7) is 11.0. The summed E-state index contributed by atoms with van der Waals surface area (Å²) in [5.41, 5.74) is 4.75. The predicted octanol–water partition coefficient (Wildman–Crippen LogP) is 2.81. The molecule has 3 rings (SSSR count). The summed E-state index contributed by atoms with van der Waals surface area (Å²) in [5.74, 6) is 1.81. The molecule has 0 atom stereocenters. The lowest BCUT2D eigenvalue weighted by molar-refractivity contribution is -0.129.